The third-order valence-corrected chi connectivity index (χ3v) is 3.84. The first-order valence-corrected chi connectivity index (χ1v) is 6.98. The van der Waals surface area contributed by atoms with Gasteiger partial charge in [0.15, 0.2) is 0 Å². The van der Waals surface area contributed by atoms with Gasteiger partial charge in [-0.2, -0.15) is 0 Å². The molecular formula is C15H20N2O4. The van der Waals surface area contributed by atoms with Gasteiger partial charge in [0.25, 0.3) is 0 Å². The van der Waals surface area contributed by atoms with Gasteiger partial charge < -0.3 is 14.8 Å². The number of carbonyl (C=O) groups excluding carboxylic acids is 2. The standard InChI is InChI=1S/C15H20N2O4/c1-20-12(18)10-11-6-5-9-16-13(11)17-15(14(19)21-2)7-3-4-8-15/h5-6,9H,3-4,7-8,10H2,1-2H3,(H,16,17). The first-order valence-electron chi connectivity index (χ1n) is 6.98. The molecule has 2 rings (SSSR count). The maximum atomic E-state index is 12.1. The summed E-state index contributed by atoms with van der Waals surface area (Å²) in [6.07, 6.45) is 5.07. The SMILES string of the molecule is COC(=O)Cc1cccnc1NC1(C(=O)OC)CCCC1. The molecule has 0 amide bonds. The fraction of sp³-hybridized carbons (Fsp3) is 0.533. The van der Waals surface area contributed by atoms with Crippen molar-refractivity contribution >= 4 is 17.8 Å². The smallest absolute Gasteiger partial charge is 0.331 e. The van der Waals surface area contributed by atoms with Crippen molar-refractivity contribution in [2.45, 2.75) is 37.6 Å². The second-order valence-electron chi connectivity index (χ2n) is 5.17. The molecule has 0 bridgehead atoms. The van der Waals surface area contributed by atoms with E-state index in [2.05, 4.69) is 15.0 Å². The summed E-state index contributed by atoms with van der Waals surface area (Å²) in [6.45, 7) is 0. The van der Waals surface area contributed by atoms with Gasteiger partial charge in [0, 0.05) is 11.8 Å². The molecular weight excluding hydrogens is 272 g/mol. The summed E-state index contributed by atoms with van der Waals surface area (Å²) in [5, 5.41) is 3.21. The number of methoxy groups -OCH3 is 2. The number of hydrogen-bond donors (Lipinski definition) is 1. The van der Waals surface area contributed by atoms with Crippen molar-refractivity contribution in [1.82, 2.24) is 4.98 Å². The van der Waals surface area contributed by atoms with Crippen LogP contribution in [0.2, 0.25) is 0 Å². The zero-order chi connectivity index (χ0) is 15.3. The van der Waals surface area contributed by atoms with Crippen molar-refractivity contribution in [2.75, 3.05) is 19.5 Å². The number of nitrogens with zero attached hydrogens (tertiary/aromatic N) is 1. The van der Waals surface area contributed by atoms with E-state index in [1.54, 1.807) is 18.3 Å². The number of ether oxygens (including phenoxy) is 2. The normalized spacial score (nSPS) is 16.3. The summed E-state index contributed by atoms with van der Waals surface area (Å²) in [5.74, 6) is -0.0885. The van der Waals surface area contributed by atoms with Gasteiger partial charge in [-0.05, 0) is 18.9 Å². The van der Waals surface area contributed by atoms with Crippen LogP contribution in [0.25, 0.3) is 0 Å². The average molecular weight is 292 g/mol. The number of nitrogens with one attached hydrogen (secondary N) is 1. The second kappa shape index (κ2) is 6.56. The molecule has 6 nitrogen and oxygen atoms in total. The van der Waals surface area contributed by atoms with E-state index in [0.717, 1.165) is 12.8 Å². The lowest BCUT2D eigenvalue weighted by Gasteiger charge is -2.28. The Hall–Kier alpha value is -2.11. The van der Waals surface area contributed by atoms with Crippen LogP contribution in [0.15, 0.2) is 18.3 Å². The van der Waals surface area contributed by atoms with E-state index in [4.69, 9.17) is 4.74 Å². The molecule has 1 fully saturated rings. The number of aromatic nitrogens is 1. The summed E-state index contributed by atoms with van der Waals surface area (Å²) in [7, 11) is 2.73. The van der Waals surface area contributed by atoms with Crippen LogP contribution in [0.1, 0.15) is 31.2 Å². The first-order chi connectivity index (χ1) is 10.1. The van der Waals surface area contributed by atoms with Crippen molar-refractivity contribution in [3.05, 3.63) is 23.9 Å². The highest BCUT2D eigenvalue weighted by atomic mass is 16.5. The van der Waals surface area contributed by atoms with Crippen molar-refractivity contribution in [2.24, 2.45) is 0 Å². The van der Waals surface area contributed by atoms with E-state index in [0.29, 0.717) is 24.2 Å². The fourth-order valence-corrected chi connectivity index (χ4v) is 2.70. The Morgan fingerprint density at radius 1 is 1.29 bits per heavy atom. The van der Waals surface area contributed by atoms with Crippen LogP contribution in [-0.4, -0.2) is 36.7 Å². The van der Waals surface area contributed by atoms with Crippen molar-refractivity contribution in [1.29, 1.82) is 0 Å². The zero-order valence-electron chi connectivity index (χ0n) is 12.3. The first kappa shape index (κ1) is 15.3. The molecule has 1 aliphatic rings. The number of hydrogen-bond acceptors (Lipinski definition) is 6. The minimum absolute atomic E-state index is 0.115. The van der Waals surface area contributed by atoms with Crippen LogP contribution < -0.4 is 5.32 Å². The highest BCUT2D eigenvalue weighted by Gasteiger charge is 2.42. The summed E-state index contributed by atoms with van der Waals surface area (Å²) in [6, 6.07) is 3.55. The molecule has 0 radical (unpaired) electrons. The van der Waals surface area contributed by atoms with Crippen LogP contribution in [0.4, 0.5) is 5.82 Å². The molecule has 0 saturated heterocycles. The van der Waals surface area contributed by atoms with Crippen LogP contribution in [0, 0.1) is 0 Å². The van der Waals surface area contributed by atoms with Gasteiger partial charge >= 0.3 is 11.9 Å². The highest BCUT2D eigenvalue weighted by Crippen LogP contribution is 2.34. The van der Waals surface area contributed by atoms with Crippen LogP contribution in [-0.2, 0) is 25.5 Å². The van der Waals surface area contributed by atoms with Gasteiger partial charge in [-0.25, -0.2) is 9.78 Å². The monoisotopic (exact) mass is 292 g/mol. The van der Waals surface area contributed by atoms with E-state index >= 15 is 0 Å². The Kier molecular flexibility index (Phi) is 4.77. The third-order valence-electron chi connectivity index (χ3n) is 3.84. The molecule has 21 heavy (non-hydrogen) atoms. The van der Waals surface area contributed by atoms with Gasteiger partial charge in [0.2, 0.25) is 0 Å². The Balaban J connectivity index is 2.25. The molecule has 0 unspecified atom stereocenters. The van der Waals surface area contributed by atoms with Gasteiger partial charge in [-0.3, -0.25) is 4.79 Å². The molecule has 114 valence electrons. The number of carbonyl (C=O) groups is 2. The lowest BCUT2D eigenvalue weighted by Crippen LogP contribution is -2.45. The predicted molar refractivity (Wildman–Crippen MR) is 76.8 cm³/mol. The number of esters is 2. The van der Waals surface area contributed by atoms with Gasteiger partial charge in [0.1, 0.15) is 11.4 Å². The molecule has 1 aliphatic carbocycles. The molecule has 6 heteroatoms. The second-order valence-corrected chi connectivity index (χ2v) is 5.17. The largest absolute Gasteiger partial charge is 0.469 e. The quantitative estimate of drug-likeness (QED) is 0.832. The van der Waals surface area contributed by atoms with Crippen molar-refractivity contribution in [3.8, 4) is 0 Å². The van der Waals surface area contributed by atoms with Crippen molar-refractivity contribution < 1.29 is 19.1 Å². The Morgan fingerprint density at radius 2 is 2.00 bits per heavy atom. The van der Waals surface area contributed by atoms with Gasteiger partial charge in [-0.15, -0.1) is 0 Å². The zero-order valence-corrected chi connectivity index (χ0v) is 12.3. The summed E-state index contributed by atoms with van der Waals surface area (Å²) >= 11 is 0. The number of rotatable bonds is 5. The van der Waals surface area contributed by atoms with Crippen molar-refractivity contribution in [3.63, 3.8) is 0 Å². The van der Waals surface area contributed by atoms with E-state index in [1.807, 2.05) is 0 Å². The van der Waals surface area contributed by atoms with Crippen LogP contribution in [0.5, 0.6) is 0 Å². The Bertz CT molecular complexity index is 524. The van der Waals surface area contributed by atoms with Gasteiger partial charge in [-0.1, -0.05) is 18.9 Å². The molecule has 0 aliphatic heterocycles. The molecule has 0 atom stereocenters. The summed E-state index contributed by atoms with van der Waals surface area (Å²) < 4.78 is 9.62. The molecule has 1 aromatic rings. The fourth-order valence-electron chi connectivity index (χ4n) is 2.70. The van der Waals surface area contributed by atoms with E-state index in [9.17, 15) is 9.59 Å². The average Bonchev–Trinajstić information content (AvgIpc) is 2.98. The van der Waals surface area contributed by atoms with E-state index in [1.165, 1.54) is 14.2 Å². The molecule has 1 aromatic heterocycles. The topological polar surface area (TPSA) is 77.5 Å². The maximum Gasteiger partial charge on any atom is 0.331 e. The minimum Gasteiger partial charge on any atom is -0.469 e. The van der Waals surface area contributed by atoms with Crippen LogP contribution >= 0.6 is 0 Å². The maximum absolute atomic E-state index is 12.1. The van der Waals surface area contributed by atoms with E-state index < -0.39 is 5.54 Å². The van der Waals surface area contributed by atoms with Crippen LogP contribution in [0.3, 0.4) is 0 Å². The molecule has 1 saturated carbocycles. The molecule has 1 N–H and O–H groups in total. The summed E-state index contributed by atoms with van der Waals surface area (Å²) in [5.41, 5.74) is -0.0342. The minimum atomic E-state index is -0.742. The molecule has 0 aromatic carbocycles. The summed E-state index contributed by atoms with van der Waals surface area (Å²) in [4.78, 5) is 27.9. The predicted octanol–water partition coefficient (Wildman–Crippen LogP) is 1.69. The number of anilines is 1. The Morgan fingerprint density at radius 3 is 2.62 bits per heavy atom. The third kappa shape index (κ3) is 3.32. The lowest BCUT2D eigenvalue weighted by atomic mass is 9.97. The van der Waals surface area contributed by atoms with Gasteiger partial charge in [0.05, 0.1) is 20.6 Å². The molecule has 0 spiro atoms. The van der Waals surface area contributed by atoms with E-state index in [-0.39, 0.29) is 18.4 Å². The Labute approximate surface area is 123 Å². The highest BCUT2D eigenvalue weighted by molar-refractivity contribution is 5.85. The molecule has 1 heterocycles. The lowest BCUT2D eigenvalue weighted by molar-refractivity contribution is -0.145. The number of pyridine rings is 1.